The van der Waals surface area contributed by atoms with Crippen molar-refractivity contribution in [2.75, 3.05) is 40.8 Å². The molecule has 0 aromatic heterocycles. The summed E-state index contributed by atoms with van der Waals surface area (Å²) >= 11 is 0. The summed E-state index contributed by atoms with van der Waals surface area (Å²) in [7, 11) is 6.19. The van der Waals surface area contributed by atoms with Crippen LogP contribution in [0.2, 0.25) is 0 Å². The number of likely N-dealkylation sites (N-methyl/N-ethyl adjacent to an activating group) is 1. The Kier molecular flexibility index (Phi) is 7.43. The normalized spacial score (nSPS) is 22.1. The second kappa shape index (κ2) is 8.18. The predicted molar refractivity (Wildman–Crippen MR) is 106 cm³/mol. The third-order valence-corrected chi connectivity index (χ3v) is 5.75. The minimum Gasteiger partial charge on any atom is -0.354 e. The maximum atomic E-state index is 4.52. The molecule has 1 saturated heterocycles. The first-order valence-corrected chi connectivity index (χ1v) is 8.52. The number of hydrogen-bond acceptors (Lipinski definition) is 2. The van der Waals surface area contributed by atoms with Gasteiger partial charge in [0.1, 0.15) is 0 Å². The molecule has 0 amide bonds. The van der Waals surface area contributed by atoms with Crippen molar-refractivity contribution in [3.05, 3.63) is 0 Å². The topological polar surface area (TPSA) is 30.9 Å². The number of halogens is 1. The number of nitrogens with zero attached hydrogens (tertiary/aromatic N) is 3. The molecular formula is C17H35IN4. The van der Waals surface area contributed by atoms with Crippen molar-refractivity contribution in [2.45, 2.75) is 57.9 Å². The largest absolute Gasteiger partial charge is 0.354 e. The van der Waals surface area contributed by atoms with E-state index < -0.39 is 0 Å². The maximum absolute atomic E-state index is 4.52. The van der Waals surface area contributed by atoms with Crippen LogP contribution in [0.1, 0.15) is 52.4 Å². The van der Waals surface area contributed by atoms with Gasteiger partial charge in [0.25, 0.3) is 0 Å². The lowest BCUT2D eigenvalue weighted by Crippen LogP contribution is -2.51. The first-order chi connectivity index (χ1) is 9.88. The van der Waals surface area contributed by atoms with Crippen LogP contribution in [0.25, 0.3) is 0 Å². The molecule has 5 heteroatoms. The van der Waals surface area contributed by atoms with Crippen LogP contribution in [0.15, 0.2) is 4.99 Å². The van der Waals surface area contributed by atoms with Gasteiger partial charge in [-0.15, -0.1) is 24.0 Å². The number of nitrogens with one attached hydrogen (secondary N) is 1. The third-order valence-electron chi connectivity index (χ3n) is 5.75. The lowest BCUT2D eigenvalue weighted by atomic mass is 9.73. The Morgan fingerprint density at radius 2 is 1.82 bits per heavy atom. The van der Waals surface area contributed by atoms with Gasteiger partial charge in [-0.3, -0.25) is 4.99 Å². The molecule has 0 bridgehead atoms. The highest BCUT2D eigenvalue weighted by Gasteiger charge is 2.39. The summed E-state index contributed by atoms with van der Waals surface area (Å²) in [6, 6.07) is 0. The summed E-state index contributed by atoms with van der Waals surface area (Å²) in [5, 5.41) is 3.59. The molecule has 1 N–H and O–H groups in total. The summed E-state index contributed by atoms with van der Waals surface area (Å²) in [4.78, 5) is 9.27. The van der Waals surface area contributed by atoms with Gasteiger partial charge in [-0.1, -0.05) is 19.3 Å². The fourth-order valence-electron chi connectivity index (χ4n) is 3.61. The van der Waals surface area contributed by atoms with Gasteiger partial charge in [-0.2, -0.15) is 0 Å². The number of aliphatic imine (C=N–C) groups is 1. The Bertz CT molecular complexity index is 373. The molecule has 1 saturated carbocycles. The Balaban J connectivity index is 0.00000242. The van der Waals surface area contributed by atoms with Crippen LogP contribution < -0.4 is 5.32 Å². The van der Waals surface area contributed by atoms with E-state index >= 15 is 0 Å². The predicted octanol–water partition coefficient (Wildman–Crippen LogP) is 3.18. The Morgan fingerprint density at radius 3 is 2.36 bits per heavy atom. The van der Waals surface area contributed by atoms with Gasteiger partial charge in [-0.25, -0.2) is 0 Å². The minimum atomic E-state index is 0. The molecule has 2 fully saturated rings. The summed E-state index contributed by atoms with van der Waals surface area (Å²) in [6.07, 6.45) is 8.48. The second-order valence-corrected chi connectivity index (χ2v) is 7.84. The van der Waals surface area contributed by atoms with Gasteiger partial charge in [0.05, 0.1) is 0 Å². The summed E-state index contributed by atoms with van der Waals surface area (Å²) in [6.45, 7) is 7.83. The molecular weight excluding hydrogens is 387 g/mol. The average Bonchev–Trinajstić information content (AvgIpc) is 2.84. The van der Waals surface area contributed by atoms with Crippen molar-refractivity contribution in [2.24, 2.45) is 10.4 Å². The van der Waals surface area contributed by atoms with E-state index in [2.05, 4.69) is 48.1 Å². The molecule has 0 unspecified atom stereocenters. The van der Waals surface area contributed by atoms with Gasteiger partial charge in [0.2, 0.25) is 0 Å². The second-order valence-electron chi connectivity index (χ2n) is 7.84. The van der Waals surface area contributed by atoms with Gasteiger partial charge in [0.15, 0.2) is 5.96 Å². The maximum Gasteiger partial charge on any atom is 0.193 e. The van der Waals surface area contributed by atoms with Gasteiger partial charge in [-0.05, 0) is 52.6 Å². The lowest BCUT2D eigenvalue weighted by molar-refractivity contribution is 0.192. The van der Waals surface area contributed by atoms with E-state index in [-0.39, 0.29) is 29.5 Å². The number of hydrogen-bond donors (Lipinski definition) is 1. The summed E-state index contributed by atoms with van der Waals surface area (Å²) < 4.78 is 0. The Labute approximate surface area is 154 Å². The summed E-state index contributed by atoms with van der Waals surface area (Å²) in [5.74, 6) is 1.09. The Morgan fingerprint density at radius 1 is 1.18 bits per heavy atom. The Hall–Kier alpha value is -0.0400. The molecule has 2 rings (SSSR count). The fourth-order valence-corrected chi connectivity index (χ4v) is 3.61. The number of guanidine groups is 1. The molecule has 130 valence electrons. The van der Waals surface area contributed by atoms with Crippen molar-refractivity contribution in [3.63, 3.8) is 0 Å². The first kappa shape index (κ1) is 20.0. The monoisotopic (exact) mass is 422 g/mol. The van der Waals surface area contributed by atoms with E-state index in [0.29, 0.717) is 5.41 Å². The highest BCUT2D eigenvalue weighted by molar-refractivity contribution is 14.0. The van der Waals surface area contributed by atoms with Gasteiger partial charge >= 0.3 is 0 Å². The van der Waals surface area contributed by atoms with Crippen LogP contribution in [0.5, 0.6) is 0 Å². The van der Waals surface area contributed by atoms with E-state index in [1.807, 2.05) is 7.05 Å². The molecule has 0 radical (unpaired) electrons. The molecule has 1 aliphatic heterocycles. The standard InChI is InChI=1S/C17H34N4.HI/c1-16(2,20(4)5)13-19-15(18-3)21-12-11-17(14-21)9-7-6-8-10-17;/h6-14H2,1-5H3,(H,18,19);1H. The molecule has 4 nitrogen and oxygen atoms in total. The van der Waals surface area contributed by atoms with Crippen molar-refractivity contribution >= 4 is 29.9 Å². The molecule has 2 aliphatic rings. The van der Waals surface area contributed by atoms with E-state index in [0.717, 1.165) is 12.5 Å². The zero-order valence-electron chi connectivity index (χ0n) is 15.1. The van der Waals surface area contributed by atoms with Crippen LogP contribution in [0, 0.1) is 5.41 Å². The molecule has 1 spiro atoms. The molecule has 0 aromatic rings. The van der Waals surface area contributed by atoms with Crippen LogP contribution in [-0.4, -0.2) is 62.1 Å². The van der Waals surface area contributed by atoms with Crippen LogP contribution in [-0.2, 0) is 0 Å². The van der Waals surface area contributed by atoms with Crippen LogP contribution >= 0.6 is 24.0 Å². The molecule has 1 aliphatic carbocycles. The zero-order chi connectivity index (χ0) is 15.5. The van der Waals surface area contributed by atoms with Crippen molar-refractivity contribution in [3.8, 4) is 0 Å². The number of rotatable bonds is 3. The first-order valence-electron chi connectivity index (χ1n) is 8.52. The zero-order valence-corrected chi connectivity index (χ0v) is 17.4. The fraction of sp³-hybridized carbons (Fsp3) is 0.941. The van der Waals surface area contributed by atoms with Crippen molar-refractivity contribution in [1.29, 1.82) is 0 Å². The van der Waals surface area contributed by atoms with E-state index in [1.165, 1.54) is 51.6 Å². The van der Waals surface area contributed by atoms with Crippen LogP contribution in [0.4, 0.5) is 0 Å². The van der Waals surface area contributed by atoms with E-state index in [4.69, 9.17) is 0 Å². The molecule has 22 heavy (non-hydrogen) atoms. The van der Waals surface area contributed by atoms with E-state index in [9.17, 15) is 0 Å². The molecule has 0 atom stereocenters. The quantitative estimate of drug-likeness (QED) is 0.431. The van der Waals surface area contributed by atoms with Gasteiger partial charge < -0.3 is 15.1 Å². The molecule has 0 aromatic carbocycles. The van der Waals surface area contributed by atoms with Crippen molar-refractivity contribution in [1.82, 2.24) is 15.1 Å². The van der Waals surface area contributed by atoms with Crippen molar-refractivity contribution < 1.29 is 0 Å². The highest BCUT2D eigenvalue weighted by Crippen LogP contribution is 2.43. The summed E-state index contributed by atoms with van der Waals surface area (Å²) in [5.41, 5.74) is 0.727. The smallest absolute Gasteiger partial charge is 0.193 e. The van der Waals surface area contributed by atoms with Gasteiger partial charge in [0, 0.05) is 32.2 Å². The SMILES string of the molecule is CN=C(NCC(C)(C)N(C)C)N1CCC2(CCCCC2)C1.I. The van der Waals surface area contributed by atoms with E-state index in [1.54, 1.807) is 0 Å². The lowest BCUT2D eigenvalue weighted by Gasteiger charge is -2.36. The highest BCUT2D eigenvalue weighted by atomic mass is 127. The molecule has 1 heterocycles. The minimum absolute atomic E-state index is 0. The average molecular weight is 422 g/mol. The third kappa shape index (κ3) is 4.73. The number of likely N-dealkylation sites (tertiary alicyclic amines) is 1. The van der Waals surface area contributed by atoms with Crippen LogP contribution in [0.3, 0.4) is 0 Å².